The van der Waals surface area contributed by atoms with Crippen LogP contribution in [0.1, 0.15) is 16.5 Å². The number of ether oxygens (including phenoxy) is 3. The van der Waals surface area contributed by atoms with Crippen molar-refractivity contribution in [3.05, 3.63) is 53.2 Å². The van der Waals surface area contributed by atoms with Gasteiger partial charge in [-0.05, 0) is 76.6 Å². The summed E-state index contributed by atoms with van der Waals surface area (Å²) >= 11 is 1.67. The van der Waals surface area contributed by atoms with Crippen LogP contribution in [0.15, 0.2) is 42.6 Å². The van der Waals surface area contributed by atoms with Crippen molar-refractivity contribution in [2.24, 2.45) is 0 Å². The zero-order valence-electron chi connectivity index (χ0n) is 22.3. The molecule has 2 aromatic carbocycles. The van der Waals surface area contributed by atoms with E-state index < -0.39 is 0 Å². The van der Waals surface area contributed by atoms with Gasteiger partial charge in [0.2, 0.25) is 5.95 Å². The third-order valence-corrected chi connectivity index (χ3v) is 7.50. The number of thiazole rings is 1. The number of nitrogen functional groups attached to an aromatic ring is 1. The number of fused-ring (bicyclic) bond motifs is 2. The lowest BCUT2D eigenvalue weighted by Crippen LogP contribution is -2.20. The molecular formula is C28H34N6O3S. The highest BCUT2D eigenvalue weighted by atomic mass is 32.1. The minimum atomic E-state index is 0.143. The van der Waals surface area contributed by atoms with Crippen molar-refractivity contribution >= 4 is 27.5 Å². The maximum atomic E-state index is 6.23. The molecule has 2 aromatic heterocycles. The van der Waals surface area contributed by atoms with Crippen LogP contribution in [0.4, 0.5) is 5.95 Å². The van der Waals surface area contributed by atoms with Crippen molar-refractivity contribution in [3.63, 3.8) is 0 Å². The summed E-state index contributed by atoms with van der Waals surface area (Å²) in [6.07, 6.45) is 2.51. The SMILES string of the molecule is CN(C)CCOc1ccc2c(c1)CC(c1nc3c(OCCN(C)C)cc(-c4ccnc(N)n4)cc3s1)CO2. The minimum Gasteiger partial charge on any atom is -0.493 e. The molecular weight excluding hydrogens is 500 g/mol. The molecule has 0 spiro atoms. The second kappa shape index (κ2) is 11.5. The first kappa shape index (κ1) is 26.1. The van der Waals surface area contributed by atoms with Gasteiger partial charge < -0.3 is 29.7 Å². The zero-order valence-corrected chi connectivity index (χ0v) is 23.1. The molecule has 4 aromatic rings. The molecule has 5 rings (SSSR count). The van der Waals surface area contributed by atoms with Crippen LogP contribution in [-0.2, 0) is 6.42 Å². The van der Waals surface area contributed by atoms with Gasteiger partial charge >= 0.3 is 0 Å². The topological polar surface area (TPSA) is 98.9 Å². The maximum Gasteiger partial charge on any atom is 0.220 e. The smallest absolute Gasteiger partial charge is 0.220 e. The monoisotopic (exact) mass is 534 g/mol. The Balaban J connectivity index is 1.43. The number of aromatic nitrogens is 3. The van der Waals surface area contributed by atoms with E-state index in [1.165, 1.54) is 0 Å². The lowest BCUT2D eigenvalue weighted by molar-refractivity contribution is 0.252. The van der Waals surface area contributed by atoms with Gasteiger partial charge in [-0.3, -0.25) is 0 Å². The molecule has 0 saturated carbocycles. The number of rotatable bonds is 10. The van der Waals surface area contributed by atoms with Crippen molar-refractivity contribution < 1.29 is 14.2 Å². The van der Waals surface area contributed by atoms with Gasteiger partial charge in [-0.25, -0.2) is 15.0 Å². The van der Waals surface area contributed by atoms with Crippen molar-refractivity contribution in [3.8, 4) is 28.5 Å². The van der Waals surface area contributed by atoms with E-state index in [4.69, 9.17) is 24.9 Å². The highest BCUT2D eigenvalue weighted by Crippen LogP contribution is 2.40. The number of hydrogen-bond donors (Lipinski definition) is 1. The van der Waals surface area contributed by atoms with E-state index in [1.54, 1.807) is 17.5 Å². The fraction of sp³-hybridized carbons (Fsp3) is 0.393. The van der Waals surface area contributed by atoms with E-state index in [9.17, 15) is 0 Å². The lowest BCUT2D eigenvalue weighted by atomic mass is 9.97. The van der Waals surface area contributed by atoms with E-state index in [0.717, 1.165) is 68.8 Å². The molecule has 1 aliphatic heterocycles. The van der Waals surface area contributed by atoms with Crippen LogP contribution in [0.3, 0.4) is 0 Å². The average molecular weight is 535 g/mol. The fourth-order valence-corrected chi connectivity index (χ4v) is 5.40. The summed E-state index contributed by atoms with van der Waals surface area (Å²) in [6, 6.07) is 12.0. The number of likely N-dealkylation sites (N-methyl/N-ethyl adjacent to an activating group) is 2. The normalized spacial score (nSPS) is 15.1. The summed E-state index contributed by atoms with van der Waals surface area (Å²) in [5.74, 6) is 2.91. The molecule has 2 N–H and O–H groups in total. The molecule has 1 atom stereocenters. The van der Waals surface area contributed by atoms with E-state index in [1.807, 2.05) is 52.5 Å². The predicted octanol–water partition coefficient (Wildman–Crippen LogP) is 3.94. The van der Waals surface area contributed by atoms with E-state index in [0.29, 0.717) is 19.8 Å². The van der Waals surface area contributed by atoms with Gasteiger partial charge in [-0.1, -0.05) is 0 Å². The first-order valence-corrected chi connectivity index (χ1v) is 13.5. The molecule has 1 aliphatic rings. The number of anilines is 1. The number of hydrogen-bond acceptors (Lipinski definition) is 10. The molecule has 3 heterocycles. The second-order valence-corrected chi connectivity index (χ2v) is 11.0. The van der Waals surface area contributed by atoms with Crippen LogP contribution < -0.4 is 19.9 Å². The fourth-order valence-electron chi connectivity index (χ4n) is 4.29. The Hall–Kier alpha value is -3.47. The number of nitrogens with zero attached hydrogens (tertiary/aromatic N) is 5. The first-order valence-electron chi connectivity index (χ1n) is 12.7. The Bertz CT molecular complexity index is 1410. The molecule has 9 nitrogen and oxygen atoms in total. The summed E-state index contributed by atoms with van der Waals surface area (Å²) in [4.78, 5) is 17.7. The summed E-state index contributed by atoms with van der Waals surface area (Å²) in [5, 5.41) is 1.03. The predicted molar refractivity (Wildman–Crippen MR) is 152 cm³/mol. The second-order valence-electron chi connectivity index (χ2n) is 9.96. The van der Waals surface area contributed by atoms with E-state index >= 15 is 0 Å². The van der Waals surface area contributed by atoms with E-state index in [-0.39, 0.29) is 11.9 Å². The Morgan fingerprint density at radius 2 is 1.79 bits per heavy atom. The molecule has 0 radical (unpaired) electrons. The highest BCUT2D eigenvalue weighted by Gasteiger charge is 2.26. The molecule has 0 fully saturated rings. The van der Waals surface area contributed by atoms with Gasteiger partial charge in [-0.15, -0.1) is 11.3 Å². The van der Waals surface area contributed by atoms with Gasteiger partial charge in [0.1, 0.15) is 41.0 Å². The molecule has 10 heteroatoms. The largest absolute Gasteiger partial charge is 0.493 e. The Morgan fingerprint density at radius 1 is 1.00 bits per heavy atom. The molecule has 38 heavy (non-hydrogen) atoms. The molecule has 0 amide bonds. The maximum absolute atomic E-state index is 6.23. The number of benzene rings is 2. The summed E-state index contributed by atoms with van der Waals surface area (Å²) in [7, 11) is 8.13. The quantitative estimate of drug-likeness (QED) is 0.324. The van der Waals surface area contributed by atoms with Crippen LogP contribution in [0, 0.1) is 0 Å². The van der Waals surface area contributed by atoms with Gasteiger partial charge in [0.05, 0.1) is 17.0 Å². The Labute approximate surface area is 227 Å². The third-order valence-electron chi connectivity index (χ3n) is 6.34. The molecule has 200 valence electrons. The first-order chi connectivity index (χ1) is 18.4. The van der Waals surface area contributed by atoms with Crippen LogP contribution in [-0.4, -0.2) is 85.9 Å². The summed E-state index contributed by atoms with van der Waals surface area (Å²) in [5.41, 5.74) is 9.54. The standard InChI is InChI=1S/C28H34N6O3S/c1-33(2)9-11-35-21-5-6-23-19(14-21)13-20(17-37-23)27-32-26-24(36-12-10-34(3)4)15-18(16-25(26)38-27)22-7-8-30-28(29)31-22/h5-8,14-16,20H,9-13,17H2,1-4H3,(H2,29,30,31). The zero-order chi connectivity index (χ0) is 26.6. The summed E-state index contributed by atoms with van der Waals surface area (Å²) in [6.45, 7) is 3.45. The van der Waals surface area contributed by atoms with Gasteiger partial charge in [-0.2, -0.15) is 0 Å². The minimum absolute atomic E-state index is 0.143. The molecule has 0 aliphatic carbocycles. The van der Waals surface area contributed by atoms with Crippen molar-refractivity contribution in [2.45, 2.75) is 12.3 Å². The third kappa shape index (κ3) is 6.15. The Kier molecular flexibility index (Phi) is 7.92. The van der Waals surface area contributed by atoms with Gasteiger partial charge in [0.25, 0.3) is 0 Å². The number of nitrogens with two attached hydrogens (primary N) is 1. The summed E-state index contributed by atoms with van der Waals surface area (Å²) < 4.78 is 19.4. The Morgan fingerprint density at radius 3 is 2.55 bits per heavy atom. The molecule has 1 unspecified atom stereocenters. The van der Waals surface area contributed by atoms with Crippen molar-refractivity contribution in [1.29, 1.82) is 0 Å². The van der Waals surface area contributed by atoms with Gasteiger partial charge in [0, 0.05) is 30.8 Å². The van der Waals surface area contributed by atoms with Crippen molar-refractivity contribution in [2.75, 3.05) is 66.8 Å². The van der Waals surface area contributed by atoms with Gasteiger partial charge in [0.15, 0.2) is 0 Å². The van der Waals surface area contributed by atoms with Crippen LogP contribution >= 0.6 is 11.3 Å². The van der Waals surface area contributed by atoms with Crippen LogP contribution in [0.2, 0.25) is 0 Å². The molecule has 0 saturated heterocycles. The lowest BCUT2D eigenvalue weighted by Gasteiger charge is -2.24. The van der Waals surface area contributed by atoms with Crippen LogP contribution in [0.5, 0.6) is 17.2 Å². The average Bonchev–Trinajstić information content (AvgIpc) is 3.32. The highest BCUT2D eigenvalue weighted by molar-refractivity contribution is 7.18. The van der Waals surface area contributed by atoms with Crippen molar-refractivity contribution in [1.82, 2.24) is 24.8 Å². The molecule has 0 bridgehead atoms. The van der Waals surface area contributed by atoms with Crippen LogP contribution in [0.25, 0.3) is 21.5 Å². The van der Waals surface area contributed by atoms with E-state index in [2.05, 4.69) is 31.9 Å².